The Balaban J connectivity index is 1.95. The average molecular weight is 376 g/mol. The monoisotopic (exact) mass is 375 g/mol. The number of imidazole rings is 1. The van der Waals surface area contributed by atoms with Gasteiger partial charge in [0.05, 0.1) is 6.04 Å². The highest BCUT2D eigenvalue weighted by molar-refractivity contribution is 9.10. The summed E-state index contributed by atoms with van der Waals surface area (Å²) in [5, 5.41) is 18.6. The number of anilines is 1. The lowest BCUT2D eigenvalue weighted by Crippen LogP contribution is -2.12. The van der Waals surface area contributed by atoms with Gasteiger partial charge in [0.25, 0.3) is 0 Å². The zero-order chi connectivity index (χ0) is 16.4. The van der Waals surface area contributed by atoms with E-state index in [0.717, 1.165) is 16.5 Å². The summed E-state index contributed by atoms with van der Waals surface area (Å²) in [6.07, 6.45) is 2.05. The Bertz CT molecular complexity index is 864. The van der Waals surface area contributed by atoms with Gasteiger partial charge in [-0.05, 0) is 29.0 Å². The quantitative estimate of drug-likeness (QED) is 0.538. The maximum atomic E-state index is 11.0. The first-order valence-electron chi connectivity index (χ1n) is 7.10. The third kappa shape index (κ3) is 3.02. The Hall–Kier alpha value is -2.48. The number of nitrogens with one attached hydrogen (secondary N) is 1. The van der Waals surface area contributed by atoms with Crippen molar-refractivity contribution in [3.8, 4) is 0 Å². The predicted molar refractivity (Wildman–Crippen MR) is 90.4 cm³/mol. The molecular formula is C15H14BrN5O2. The van der Waals surface area contributed by atoms with Gasteiger partial charge < -0.3 is 15.4 Å². The molecule has 1 aromatic carbocycles. The first-order valence-corrected chi connectivity index (χ1v) is 7.89. The molecule has 2 heterocycles. The Morgan fingerprint density at radius 1 is 1.35 bits per heavy atom. The van der Waals surface area contributed by atoms with Gasteiger partial charge >= 0.3 is 5.82 Å². The first kappa shape index (κ1) is 15.4. The van der Waals surface area contributed by atoms with Crippen LogP contribution in [0.4, 0.5) is 11.6 Å². The Labute approximate surface area is 140 Å². The molecule has 1 unspecified atom stereocenters. The van der Waals surface area contributed by atoms with E-state index >= 15 is 0 Å². The highest BCUT2D eigenvalue weighted by Gasteiger charge is 2.18. The number of nitrogens with zero attached hydrogens (tertiary/aromatic N) is 4. The predicted octanol–water partition coefficient (Wildman–Crippen LogP) is 3.96. The van der Waals surface area contributed by atoms with Crippen molar-refractivity contribution in [2.75, 3.05) is 5.32 Å². The van der Waals surface area contributed by atoms with E-state index in [1.54, 1.807) is 12.1 Å². The van der Waals surface area contributed by atoms with Gasteiger partial charge in [-0.15, -0.1) is 0 Å². The average Bonchev–Trinajstić information content (AvgIpc) is 2.96. The smallest absolute Gasteiger partial charge is 0.360 e. The van der Waals surface area contributed by atoms with E-state index in [1.165, 1.54) is 10.7 Å². The Morgan fingerprint density at radius 3 is 2.83 bits per heavy atom. The molecule has 2 aromatic heterocycles. The topological polar surface area (TPSA) is 85.4 Å². The van der Waals surface area contributed by atoms with Gasteiger partial charge in [0.1, 0.15) is 6.20 Å². The lowest BCUT2D eigenvalue weighted by molar-refractivity contribution is -0.391. The molecule has 118 valence electrons. The van der Waals surface area contributed by atoms with E-state index in [9.17, 15) is 10.1 Å². The number of rotatable bonds is 5. The second kappa shape index (κ2) is 6.33. The SMILES string of the molecule is CCC(Nc1ccc2ncc([N+](=O)[O-])n2n1)c1ccccc1Br. The molecule has 0 spiro atoms. The molecule has 3 rings (SSSR count). The van der Waals surface area contributed by atoms with Crippen molar-refractivity contribution < 1.29 is 4.92 Å². The van der Waals surface area contributed by atoms with Gasteiger partial charge in [-0.3, -0.25) is 0 Å². The molecule has 0 saturated heterocycles. The minimum atomic E-state index is -0.498. The summed E-state index contributed by atoms with van der Waals surface area (Å²) < 4.78 is 2.24. The minimum absolute atomic E-state index is 0.0399. The van der Waals surface area contributed by atoms with Crippen molar-refractivity contribution in [2.45, 2.75) is 19.4 Å². The molecule has 3 aromatic rings. The highest BCUT2D eigenvalue weighted by Crippen LogP contribution is 2.28. The third-order valence-corrected chi connectivity index (χ3v) is 4.26. The van der Waals surface area contributed by atoms with Gasteiger partial charge in [0.2, 0.25) is 5.65 Å². The van der Waals surface area contributed by atoms with Crippen LogP contribution >= 0.6 is 15.9 Å². The highest BCUT2D eigenvalue weighted by atomic mass is 79.9. The summed E-state index contributed by atoms with van der Waals surface area (Å²) in [7, 11) is 0. The minimum Gasteiger partial charge on any atom is -0.360 e. The normalized spacial score (nSPS) is 12.3. The molecule has 1 N–H and O–H groups in total. The zero-order valence-electron chi connectivity index (χ0n) is 12.3. The maximum absolute atomic E-state index is 11.0. The molecule has 1 atom stereocenters. The molecule has 0 bridgehead atoms. The van der Waals surface area contributed by atoms with Crippen LogP contribution < -0.4 is 5.32 Å². The Kier molecular flexibility index (Phi) is 4.24. The van der Waals surface area contributed by atoms with Crippen molar-refractivity contribution in [1.82, 2.24) is 14.6 Å². The largest absolute Gasteiger partial charge is 0.368 e. The molecule has 0 aliphatic carbocycles. The van der Waals surface area contributed by atoms with Crippen molar-refractivity contribution >= 4 is 33.2 Å². The molecule has 7 nitrogen and oxygen atoms in total. The second-order valence-corrected chi connectivity index (χ2v) is 5.84. The molecule has 0 saturated carbocycles. The van der Waals surface area contributed by atoms with E-state index < -0.39 is 4.92 Å². The molecular weight excluding hydrogens is 362 g/mol. The summed E-state index contributed by atoms with van der Waals surface area (Å²) in [4.78, 5) is 14.5. The summed E-state index contributed by atoms with van der Waals surface area (Å²) in [6, 6.07) is 11.5. The number of aromatic nitrogens is 3. The van der Waals surface area contributed by atoms with Crippen LogP contribution in [0.3, 0.4) is 0 Å². The van der Waals surface area contributed by atoms with Gasteiger partial charge in [0.15, 0.2) is 5.82 Å². The van der Waals surface area contributed by atoms with E-state index in [2.05, 4.69) is 38.3 Å². The van der Waals surface area contributed by atoms with Gasteiger partial charge in [0, 0.05) is 10.5 Å². The van der Waals surface area contributed by atoms with Crippen molar-refractivity contribution in [2.24, 2.45) is 0 Å². The first-order chi connectivity index (χ1) is 11.1. The summed E-state index contributed by atoms with van der Waals surface area (Å²) in [6.45, 7) is 2.06. The molecule has 0 fully saturated rings. The number of halogens is 1. The van der Waals surface area contributed by atoms with E-state index in [1.807, 2.05) is 24.3 Å². The summed E-state index contributed by atoms with van der Waals surface area (Å²) in [5.74, 6) is 0.402. The van der Waals surface area contributed by atoms with Crippen LogP contribution in [0, 0.1) is 10.1 Å². The zero-order valence-corrected chi connectivity index (χ0v) is 13.9. The molecule has 0 aliphatic heterocycles. The molecule has 8 heteroatoms. The second-order valence-electron chi connectivity index (χ2n) is 4.99. The fourth-order valence-electron chi connectivity index (χ4n) is 2.40. The number of hydrogen-bond acceptors (Lipinski definition) is 5. The molecule has 23 heavy (non-hydrogen) atoms. The molecule has 0 amide bonds. The lowest BCUT2D eigenvalue weighted by atomic mass is 10.0. The van der Waals surface area contributed by atoms with E-state index in [-0.39, 0.29) is 11.9 Å². The third-order valence-electron chi connectivity index (χ3n) is 3.54. The van der Waals surface area contributed by atoms with Crippen LogP contribution in [0.2, 0.25) is 0 Å². The molecule has 0 radical (unpaired) electrons. The van der Waals surface area contributed by atoms with Crippen LogP contribution in [-0.2, 0) is 0 Å². The van der Waals surface area contributed by atoms with Gasteiger partial charge in [-0.2, -0.15) is 0 Å². The fourth-order valence-corrected chi connectivity index (χ4v) is 2.96. The number of fused-ring (bicyclic) bond motifs is 1. The summed E-state index contributed by atoms with van der Waals surface area (Å²) >= 11 is 3.55. The van der Waals surface area contributed by atoms with Crippen molar-refractivity contribution in [3.63, 3.8) is 0 Å². The van der Waals surface area contributed by atoms with E-state index in [4.69, 9.17) is 0 Å². The maximum Gasteiger partial charge on any atom is 0.368 e. The number of nitro groups is 1. The van der Waals surface area contributed by atoms with Crippen molar-refractivity contribution in [1.29, 1.82) is 0 Å². The fraction of sp³-hybridized carbons (Fsp3) is 0.200. The lowest BCUT2D eigenvalue weighted by Gasteiger charge is -2.18. The van der Waals surface area contributed by atoms with Gasteiger partial charge in [-0.1, -0.05) is 50.7 Å². The van der Waals surface area contributed by atoms with E-state index in [0.29, 0.717) is 11.5 Å². The van der Waals surface area contributed by atoms with Crippen LogP contribution in [-0.4, -0.2) is 19.5 Å². The standard InChI is InChI=1S/C15H14BrN5O2/c1-2-12(10-5-3-4-6-11(10)16)18-13-7-8-14-17-9-15(21(22)23)20(14)19-13/h3-9,12H,2H2,1H3,(H,18,19). The number of benzene rings is 1. The van der Waals surface area contributed by atoms with Crippen LogP contribution in [0.5, 0.6) is 0 Å². The van der Waals surface area contributed by atoms with Crippen LogP contribution in [0.15, 0.2) is 47.1 Å². The number of hydrogen-bond donors (Lipinski definition) is 1. The van der Waals surface area contributed by atoms with Crippen molar-refractivity contribution in [3.05, 3.63) is 62.7 Å². The molecule has 0 aliphatic rings. The van der Waals surface area contributed by atoms with Gasteiger partial charge in [-0.25, -0.2) is 4.98 Å². The van der Waals surface area contributed by atoms with Crippen LogP contribution in [0.1, 0.15) is 24.9 Å². The Morgan fingerprint density at radius 2 is 2.13 bits per heavy atom. The summed E-state index contributed by atoms with van der Waals surface area (Å²) in [5.41, 5.74) is 1.55. The van der Waals surface area contributed by atoms with Crippen LogP contribution in [0.25, 0.3) is 5.65 Å².